The van der Waals surface area contributed by atoms with Gasteiger partial charge in [0.25, 0.3) is 0 Å². The van der Waals surface area contributed by atoms with Crippen LogP contribution < -0.4 is 0 Å². The van der Waals surface area contributed by atoms with Crippen molar-refractivity contribution >= 4 is 5.97 Å². The quantitative estimate of drug-likeness (QED) is 0.879. The largest absolute Gasteiger partial charge is 0.481 e. The Labute approximate surface area is 114 Å². The minimum atomic E-state index is -0.887. The van der Waals surface area contributed by atoms with Crippen molar-refractivity contribution in [2.45, 2.75) is 57.0 Å². The standard InChI is InChI=1S/C16H22O3/c1-15(2,19)12-6-8-13(9-7-12)16(14(17)18)10-4-3-5-11-16/h6-9,19H,3-5,10-11H2,1-2H3,(H,17,18). The van der Waals surface area contributed by atoms with E-state index in [9.17, 15) is 15.0 Å². The fraction of sp³-hybridized carbons (Fsp3) is 0.562. The second-order valence-corrected chi connectivity index (χ2v) is 6.08. The molecule has 3 heteroatoms. The number of carbonyl (C=O) groups is 1. The first-order valence-corrected chi connectivity index (χ1v) is 6.93. The lowest BCUT2D eigenvalue weighted by Crippen LogP contribution is -2.37. The van der Waals surface area contributed by atoms with E-state index in [1.165, 1.54) is 0 Å². The van der Waals surface area contributed by atoms with Crippen molar-refractivity contribution < 1.29 is 15.0 Å². The Kier molecular flexibility index (Phi) is 3.68. The van der Waals surface area contributed by atoms with Gasteiger partial charge in [-0.15, -0.1) is 0 Å². The smallest absolute Gasteiger partial charge is 0.314 e. The zero-order valence-corrected chi connectivity index (χ0v) is 11.6. The lowest BCUT2D eigenvalue weighted by Gasteiger charge is -2.34. The summed E-state index contributed by atoms with van der Waals surface area (Å²) in [5.41, 5.74) is 0.0676. The van der Waals surface area contributed by atoms with Crippen molar-refractivity contribution in [1.29, 1.82) is 0 Å². The average molecular weight is 262 g/mol. The molecule has 1 fully saturated rings. The lowest BCUT2D eigenvalue weighted by molar-refractivity contribution is -0.145. The van der Waals surface area contributed by atoms with Crippen LogP contribution in [-0.4, -0.2) is 16.2 Å². The minimum absolute atomic E-state index is 0.712. The Balaban J connectivity index is 2.36. The van der Waals surface area contributed by atoms with Crippen LogP contribution >= 0.6 is 0 Å². The van der Waals surface area contributed by atoms with E-state index in [0.29, 0.717) is 12.8 Å². The van der Waals surface area contributed by atoms with Crippen molar-refractivity contribution in [3.8, 4) is 0 Å². The molecule has 0 amide bonds. The van der Waals surface area contributed by atoms with Crippen molar-refractivity contribution in [2.24, 2.45) is 0 Å². The van der Waals surface area contributed by atoms with Gasteiger partial charge in [-0.3, -0.25) is 4.79 Å². The molecule has 2 rings (SSSR count). The highest BCUT2D eigenvalue weighted by Gasteiger charge is 2.41. The Morgan fingerprint density at radius 3 is 2.05 bits per heavy atom. The van der Waals surface area contributed by atoms with Gasteiger partial charge in [0.1, 0.15) is 0 Å². The van der Waals surface area contributed by atoms with E-state index in [0.717, 1.165) is 30.4 Å². The topological polar surface area (TPSA) is 57.5 Å². The normalized spacial score (nSPS) is 19.1. The van der Waals surface area contributed by atoms with Crippen LogP contribution in [0.1, 0.15) is 57.1 Å². The van der Waals surface area contributed by atoms with E-state index in [4.69, 9.17) is 0 Å². The maximum absolute atomic E-state index is 11.7. The molecular weight excluding hydrogens is 240 g/mol. The Morgan fingerprint density at radius 1 is 1.11 bits per heavy atom. The number of rotatable bonds is 3. The minimum Gasteiger partial charge on any atom is -0.481 e. The molecule has 0 bridgehead atoms. The fourth-order valence-electron chi connectivity index (χ4n) is 2.98. The summed E-state index contributed by atoms with van der Waals surface area (Å²) in [5.74, 6) is -0.719. The van der Waals surface area contributed by atoms with Gasteiger partial charge in [-0.1, -0.05) is 43.5 Å². The van der Waals surface area contributed by atoms with Crippen LogP contribution in [0.2, 0.25) is 0 Å². The van der Waals surface area contributed by atoms with Crippen LogP contribution in [0.25, 0.3) is 0 Å². The van der Waals surface area contributed by atoms with Crippen LogP contribution in [0.5, 0.6) is 0 Å². The Hall–Kier alpha value is -1.35. The second-order valence-electron chi connectivity index (χ2n) is 6.08. The third-order valence-electron chi connectivity index (χ3n) is 4.26. The summed E-state index contributed by atoms with van der Waals surface area (Å²) < 4.78 is 0. The Bertz CT molecular complexity index is 448. The predicted molar refractivity (Wildman–Crippen MR) is 74.1 cm³/mol. The summed E-state index contributed by atoms with van der Waals surface area (Å²) in [6, 6.07) is 7.42. The zero-order valence-electron chi connectivity index (χ0n) is 11.6. The Morgan fingerprint density at radius 2 is 1.63 bits per heavy atom. The number of benzene rings is 1. The SMILES string of the molecule is CC(C)(O)c1ccc(C2(C(=O)O)CCCCC2)cc1. The van der Waals surface area contributed by atoms with Gasteiger partial charge >= 0.3 is 5.97 Å². The lowest BCUT2D eigenvalue weighted by atomic mass is 9.69. The van der Waals surface area contributed by atoms with Crippen LogP contribution in [0.3, 0.4) is 0 Å². The van der Waals surface area contributed by atoms with Gasteiger partial charge in [-0.2, -0.15) is 0 Å². The van der Waals surface area contributed by atoms with Gasteiger partial charge in [0.15, 0.2) is 0 Å². The molecule has 104 valence electrons. The molecule has 0 heterocycles. The van der Waals surface area contributed by atoms with Crippen molar-refractivity contribution in [2.75, 3.05) is 0 Å². The van der Waals surface area contributed by atoms with Gasteiger partial charge < -0.3 is 10.2 Å². The van der Waals surface area contributed by atoms with Crippen LogP contribution in [0.4, 0.5) is 0 Å². The van der Waals surface area contributed by atoms with Crippen molar-refractivity contribution in [3.63, 3.8) is 0 Å². The summed E-state index contributed by atoms with van der Waals surface area (Å²) in [5, 5.41) is 19.6. The molecule has 19 heavy (non-hydrogen) atoms. The molecular formula is C16H22O3. The number of hydrogen-bond acceptors (Lipinski definition) is 2. The highest BCUT2D eigenvalue weighted by Crippen LogP contribution is 2.40. The van der Waals surface area contributed by atoms with E-state index in [1.54, 1.807) is 13.8 Å². The molecule has 0 aromatic heterocycles. The van der Waals surface area contributed by atoms with Crippen LogP contribution in [0.15, 0.2) is 24.3 Å². The average Bonchev–Trinajstić information content (AvgIpc) is 2.38. The van der Waals surface area contributed by atoms with Gasteiger partial charge in [0.05, 0.1) is 11.0 Å². The number of aliphatic hydroxyl groups is 1. The maximum atomic E-state index is 11.7. The summed E-state index contributed by atoms with van der Waals surface area (Å²) in [6.07, 6.45) is 4.49. The first kappa shape index (κ1) is 14.1. The van der Waals surface area contributed by atoms with E-state index >= 15 is 0 Å². The maximum Gasteiger partial charge on any atom is 0.314 e. The molecule has 0 aliphatic heterocycles. The monoisotopic (exact) mass is 262 g/mol. The summed E-state index contributed by atoms with van der Waals surface area (Å²) >= 11 is 0. The molecule has 3 nitrogen and oxygen atoms in total. The molecule has 0 saturated heterocycles. The van der Waals surface area contributed by atoms with Gasteiger partial charge in [0, 0.05) is 0 Å². The van der Waals surface area contributed by atoms with E-state index in [-0.39, 0.29) is 0 Å². The first-order valence-electron chi connectivity index (χ1n) is 6.93. The molecule has 0 spiro atoms. The van der Waals surface area contributed by atoms with Gasteiger partial charge in [0.2, 0.25) is 0 Å². The van der Waals surface area contributed by atoms with Crippen LogP contribution in [0, 0.1) is 0 Å². The van der Waals surface area contributed by atoms with Crippen molar-refractivity contribution in [3.05, 3.63) is 35.4 Å². The number of aliphatic carboxylic acids is 1. The number of carboxylic acid groups (broad SMARTS) is 1. The molecule has 1 aliphatic rings. The van der Waals surface area contributed by atoms with Gasteiger partial charge in [-0.25, -0.2) is 0 Å². The van der Waals surface area contributed by atoms with E-state index in [1.807, 2.05) is 24.3 Å². The molecule has 1 aromatic carbocycles. The third-order valence-corrected chi connectivity index (χ3v) is 4.26. The van der Waals surface area contributed by atoms with Crippen molar-refractivity contribution in [1.82, 2.24) is 0 Å². The van der Waals surface area contributed by atoms with Gasteiger partial charge in [-0.05, 0) is 37.8 Å². The molecule has 2 N–H and O–H groups in total. The fourth-order valence-corrected chi connectivity index (χ4v) is 2.98. The van der Waals surface area contributed by atoms with E-state index < -0.39 is 17.0 Å². The first-order chi connectivity index (χ1) is 8.86. The molecule has 1 saturated carbocycles. The highest BCUT2D eigenvalue weighted by atomic mass is 16.4. The number of carboxylic acids is 1. The molecule has 0 unspecified atom stereocenters. The molecule has 0 radical (unpaired) electrons. The molecule has 0 atom stereocenters. The molecule has 1 aliphatic carbocycles. The summed E-state index contributed by atoms with van der Waals surface area (Å²) in [6.45, 7) is 3.46. The van der Waals surface area contributed by atoms with Crippen LogP contribution in [-0.2, 0) is 15.8 Å². The zero-order chi connectivity index (χ0) is 14.1. The highest BCUT2D eigenvalue weighted by molar-refractivity contribution is 5.81. The summed E-state index contributed by atoms with van der Waals surface area (Å²) in [7, 11) is 0. The molecule has 1 aromatic rings. The third kappa shape index (κ3) is 2.66. The predicted octanol–water partition coefficient (Wildman–Crippen LogP) is 3.20. The second kappa shape index (κ2) is 4.97. The summed E-state index contributed by atoms with van der Waals surface area (Å²) in [4.78, 5) is 11.7. The van der Waals surface area contributed by atoms with E-state index in [2.05, 4.69) is 0 Å². The number of hydrogen-bond donors (Lipinski definition) is 2.